The molecule has 0 aliphatic rings. The fraction of sp³-hybridized carbons (Fsp3) is 0.308. The van der Waals surface area contributed by atoms with E-state index in [-0.39, 0.29) is 22.4 Å². The molecule has 1 heterocycles. The van der Waals surface area contributed by atoms with Crippen LogP contribution >= 0.6 is 0 Å². The second-order valence-corrected chi connectivity index (χ2v) is 4.73. The van der Waals surface area contributed by atoms with Gasteiger partial charge in [0.2, 0.25) is 5.91 Å². The Morgan fingerprint density at radius 1 is 1.29 bits per heavy atom. The summed E-state index contributed by atoms with van der Waals surface area (Å²) in [6, 6.07) is 3.93. The third-order valence-electron chi connectivity index (χ3n) is 2.77. The highest BCUT2D eigenvalue weighted by Gasteiger charge is 2.20. The van der Waals surface area contributed by atoms with Crippen LogP contribution in [0.1, 0.15) is 23.6 Å². The number of carbonyl (C=O) groups is 1. The minimum Gasteiger partial charge on any atom is -0.390 e. The molecule has 0 aliphatic carbocycles. The summed E-state index contributed by atoms with van der Waals surface area (Å²) in [6.07, 6.45) is 0. The van der Waals surface area contributed by atoms with Gasteiger partial charge < -0.3 is 9.84 Å². The third-order valence-corrected chi connectivity index (χ3v) is 2.77. The molecule has 0 radical (unpaired) electrons. The Morgan fingerprint density at radius 2 is 1.90 bits per heavy atom. The van der Waals surface area contributed by atoms with Gasteiger partial charge >= 0.3 is 11.6 Å². The summed E-state index contributed by atoms with van der Waals surface area (Å²) in [5, 5.41) is 25.1. The molecule has 0 atom stereocenters. The summed E-state index contributed by atoms with van der Waals surface area (Å²) < 4.78 is 4.41. The van der Waals surface area contributed by atoms with Gasteiger partial charge in [-0.25, -0.2) is 0 Å². The van der Waals surface area contributed by atoms with Gasteiger partial charge in [-0.2, -0.15) is 0 Å². The maximum Gasteiger partial charge on any atom is 0.384 e. The van der Waals surface area contributed by atoms with Gasteiger partial charge in [0.25, 0.3) is 0 Å². The van der Waals surface area contributed by atoms with E-state index in [4.69, 9.17) is 0 Å². The molecule has 0 saturated heterocycles. The van der Waals surface area contributed by atoms with E-state index in [1.54, 1.807) is 0 Å². The van der Waals surface area contributed by atoms with Crippen LogP contribution in [0.15, 0.2) is 27.0 Å². The first-order chi connectivity index (χ1) is 9.88. The minimum absolute atomic E-state index is 0.0660. The molecule has 2 aromatic rings. The smallest absolute Gasteiger partial charge is 0.384 e. The zero-order valence-electron chi connectivity index (χ0n) is 12.2. The predicted molar refractivity (Wildman–Crippen MR) is 74.6 cm³/mol. The van der Waals surface area contributed by atoms with Gasteiger partial charge in [-0.05, 0) is 37.1 Å². The number of carbonyl (C=O) groups excluding carboxylic acids is 1. The first kappa shape index (κ1) is 14.6. The van der Waals surface area contributed by atoms with Crippen LogP contribution < -0.4 is 10.2 Å². The topological polar surface area (TPSA) is 107 Å². The fourth-order valence-corrected chi connectivity index (χ4v) is 2.00. The Morgan fingerprint density at radius 3 is 2.48 bits per heavy atom. The molecule has 0 fully saturated rings. The van der Waals surface area contributed by atoms with Crippen LogP contribution in [0.4, 0.5) is 17.3 Å². The lowest BCUT2D eigenvalue weighted by Crippen LogP contribution is -2.22. The standard InChI is InChI=1S/C13H15N5O3/c1-7-5-8(2)11(9(3)6-7)15-16-13-12(14-10(4)19)17-21-18(13)20/h5-6H,1-4H3,(H,14,17,19). The van der Waals surface area contributed by atoms with Gasteiger partial charge in [-0.1, -0.05) is 27.7 Å². The molecule has 8 nitrogen and oxygen atoms in total. The van der Waals surface area contributed by atoms with E-state index in [0.717, 1.165) is 16.7 Å². The predicted octanol–water partition coefficient (Wildman–Crippen LogP) is 2.61. The summed E-state index contributed by atoms with van der Waals surface area (Å²) in [6.45, 7) is 7.09. The van der Waals surface area contributed by atoms with Crippen molar-refractivity contribution in [2.24, 2.45) is 10.2 Å². The fourth-order valence-electron chi connectivity index (χ4n) is 2.00. The zero-order chi connectivity index (χ0) is 15.6. The Kier molecular flexibility index (Phi) is 3.97. The van der Waals surface area contributed by atoms with Gasteiger partial charge in [-0.15, -0.1) is 0 Å². The summed E-state index contributed by atoms with van der Waals surface area (Å²) in [7, 11) is 0. The van der Waals surface area contributed by atoms with Crippen molar-refractivity contribution in [2.75, 3.05) is 5.32 Å². The molecule has 0 bridgehead atoms. The first-order valence-electron chi connectivity index (χ1n) is 6.25. The molecule has 1 N–H and O–H groups in total. The molecule has 0 spiro atoms. The second kappa shape index (κ2) is 5.70. The number of azo groups is 1. The van der Waals surface area contributed by atoms with E-state index in [1.807, 2.05) is 32.9 Å². The minimum atomic E-state index is -0.386. The highest BCUT2D eigenvalue weighted by Crippen LogP contribution is 2.28. The van der Waals surface area contributed by atoms with Gasteiger partial charge in [-0.3, -0.25) is 10.1 Å². The van der Waals surface area contributed by atoms with Crippen molar-refractivity contribution < 1.29 is 14.3 Å². The van der Waals surface area contributed by atoms with Gasteiger partial charge in [0.15, 0.2) is 0 Å². The summed E-state index contributed by atoms with van der Waals surface area (Å²) >= 11 is 0. The normalized spacial score (nSPS) is 11.0. The van der Waals surface area contributed by atoms with Gasteiger partial charge in [0.1, 0.15) is 5.69 Å². The number of nitrogens with zero attached hydrogens (tertiary/aromatic N) is 4. The zero-order valence-corrected chi connectivity index (χ0v) is 12.2. The average Bonchev–Trinajstić information content (AvgIpc) is 2.69. The van der Waals surface area contributed by atoms with Crippen LogP contribution in [0, 0.1) is 26.0 Å². The van der Waals surface area contributed by atoms with Crippen LogP contribution in [-0.2, 0) is 4.79 Å². The summed E-state index contributed by atoms with van der Waals surface area (Å²) in [5.41, 5.74) is 3.65. The van der Waals surface area contributed by atoms with E-state index in [0.29, 0.717) is 5.69 Å². The number of rotatable bonds is 3. The lowest BCUT2D eigenvalue weighted by Gasteiger charge is -2.03. The third kappa shape index (κ3) is 3.22. The molecule has 1 aromatic heterocycles. The van der Waals surface area contributed by atoms with Gasteiger partial charge in [0.05, 0.1) is 0 Å². The number of anilines is 1. The average molecular weight is 289 g/mol. The van der Waals surface area contributed by atoms with Crippen molar-refractivity contribution >= 4 is 23.2 Å². The Labute approximate surface area is 121 Å². The SMILES string of the molecule is CC(=O)Nc1no[n+]([O-])c1N=Nc1c(C)cc(C)cc1C. The number of amides is 1. The van der Waals surface area contributed by atoms with Crippen molar-refractivity contribution in [3.05, 3.63) is 34.0 Å². The van der Waals surface area contributed by atoms with Crippen LogP contribution in [-0.4, -0.2) is 11.1 Å². The molecule has 0 aliphatic heterocycles. The number of nitrogens with one attached hydrogen (secondary N) is 1. The number of hydrogen-bond acceptors (Lipinski definition) is 6. The highest BCUT2D eigenvalue weighted by atomic mass is 16.8. The molecule has 21 heavy (non-hydrogen) atoms. The van der Waals surface area contributed by atoms with E-state index < -0.39 is 0 Å². The molecular weight excluding hydrogens is 274 g/mol. The monoisotopic (exact) mass is 289 g/mol. The van der Waals surface area contributed by atoms with Crippen LogP contribution in [0.5, 0.6) is 0 Å². The summed E-state index contributed by atoms with van der Waals surface area (Å²) in [4.78, 5) is 11.1. The molecule has 2 rings (SSSR count). The van der Waals surface area contributed by atoms with Crippen LogP contribution in [0.2, 0.25) is 0 Å². The maximum absolute atomic E-state index is 11.4. The maximum atomic E-state index is 11.4. The molecule has 0 unspecified atom stereocenters. The van der Waals surface area contributed by atoms with Crippen molar-refractivity contribution in [1.82, 2.24) is 5.16 Å². The number of aromatic nitrogens is 2. The second-order valence-electron chi connectivity index (χ2n) is 4.73. The largest absolute Gasteiger partial charge is 0.390 e. The molecule has 1 amide bonds. The lowest BCUT2D eigenvalue weighted by atomic mass is 10.1. The van der Waals surface area contributed by atoms with Crippen molar-refractivity contribution in [2.45, 2.75) is 27.7 Å². The molecular formula is C13H15N5O3. The van der Waals surface area contributed by atoms with Crippen molar-refractivity contribution in [1.29, 1.82) is 0 Å². The quantitative estimate of drug-likeness (QED) is 0.692. The van der Waals surface area contributed by atoms with Crippen molar-refractivity contribution in [3.8, 4) is 0 Å². The van der Waals surface area contributed by atoms with E-state index in [1.165, 1.54) is 6.92 Å². The van der Waals surface area contributed by atoms with E-state index in [9.17, 15) is 10.0 Å². The van der Waals surface area contributed by atoms with E-state index >= 15 is 0 Å². The van der Waals surface area contributed by atoms with E-state index in [2.05, 4.69) is 25.3 Å². The van der Waals surface area contributed by atoms with Crippen LogP contribution in [0.25, 0.3) is 0 Å². The Hall–Kier alpha value is -2.77. The molecule has 8 heteroatoms. The molecule has 1 aromatic carbocycles. The Bertz CT molecular complexity index is 698. The Balaban J connectivity index is 2.38. The number of aryl methyl sites for hydroxylation is 3. The highest BCUT2D eigenvalue weighted by molar-refractivity contribution is 5.89. The molecule has 110 valence electrons. The first-order valence-corrected chi connectivity index (χ1v) is 6.25. The number of hydrogen-bond donors (Lipinski definition) is 1. The summed E-state index contributed by atoms with van der Waals surface area (Å²) in [5.74, 6) is -0.656. The lowest BCUT2D eigenvalue weighted by molar-refractivity contribution is -0.792. The van der Waals surface area contributed by atoms with Gasteiger partial charge in [0, 0.05) is 12.0 Å². The number of benzene rings is 1. The van der Waals surface area contributed by atoms with Crippen molar-refractivity contribution in [3.63, 3.8) is 0 Å². The van der Waals surface area contributed by atoms with Crippen LogP contribution in [0.3, 0.4) is 0 Å². The molecule has 0 saturated carbocycles.